The highest BCUT2D eigenvalue weighted by Gasteiger charge is 1.99. The van der Waals surface area contributed by atoms with Crippen molar-refractivity contribution in [3.63, 3.8) is 0 Å². The molecular weight excluding hydrogens is 147 g/mol. The molecular formula is C10H11BO. The second-order valence-electron chi connectivity index (χ2n) is 2.83. The van der Waals surface area contributed by atoms with Gasteiger partial charge >= 0.3 is 0 Å². The van der Waals surface area contributed by atoms with E-state index in [9.17, 15) is 4.79 Å². The molecule has 0 saturated heterocycles. The molecule has 0 heterocycles. The molecule has 0 spiro atoms. The van der Waals surface area contributed by atoms with Crippen molar-refractivity contribution in [3.05, 3.63) is 29.3 Å². The Labute approximate surface area is 74.2 Å². The van der Waals surface area contributed by atoms with E-state index in [1.165, 1.54) is 0 Å². The summed E-state index contributed by atoms with van der Waals surface area (Å²) in [5.41, 5.74) is 2.45. The summed E-state index contributed by atoms with van der Waals surface area (Å²) in [6, 6.07) is 5.47. The van der Waals surface area contributed by atoms with Crippen molar-refractivity contribution >= 4 is 19.6 Å². The van der Waals surface area contributed by atoms with E-state index in [1.807, 2.05) is 12.1 Å². The summed E-state index contributed by atoms with van der Waals surface area (Å²) in [7, 11) is 5.54. The predicted molar refractivity (Wildman–Crippen MR) is 51.2 cm³/mol. The van der Waals surface area contributed by atoms with Gasteiger partial charge < -0.3 is 0 Å². The predicted octanol–water partition coefficient (Wildman–Crippen LogP) is 1.25. The lowest BCUT2D eigenvalue weighted by atomic mass is 9.91. The third-order valence-corrected chi connectivity index (χ3v) is 1.82. The van der Waals surface area contributed by atoms with Gasteiger partial charge in [-0.05, 0) is 12.0 Å². The molecule has 0 unspecified atom stereocenters. The quantitative estimate of drug-likeness (QED) is 0.477. The van der Waals surface area contributed by atoms with E-state index >= 15 is 0 Å². The van der Waals surface area contributed by atoms with E-state index < -0.39 is 0 Å². The van der Waals surface area contributed by atoms with Gasteiger partial charge in [-0.3, -0.25) is 4.79 Å². The van der Waals surface area contributed by atoms with Gasteiger partial charge in [0, 0.05) is 5.56 Å². The number of aldehydes is 1. The van der Waals surface area contributed by atoms with E-state index in [2.05, 4.69) is 6.92 Å². The third kappa shape index (κ3) is 1.97. The zero-order chi connectivity index (χ0) is 8.97. The van der Waals surface area contributed by atoms with Gasteiger partial charge in [-0.1, -0.05) is 37.0 Å². The van der Waals surface area contributed by atoms with Crippen molar-refractivity contribution in [1.29, 1.82) is 0 Å². The summed E-state index contributed by atoms with van der Waals surface area (Å²) >= 11 is 0. The number of hydrogen-bond donors (Lipinski definition) is 0. The smallest absolute Gasteiger partial charge is 0.150 e. The van der Waals surface area contributed by atoms with Crippen molar-refractivity contribution in [2.45, 2.75) is 19.8 Å². The summed E-state index contributed by atoms with van der Waals surface area (Å²) < 4.78 is 0. The van der Waals surface area contributed by atoms with Crippen LogP contribution in [-0.4, -0.2) is 14.1 Å². The summed E-state index contributed by atoms with van der Waals surface area (Å²) in [5.74, 6) is 0. The highest BCUT2D eigenvalue weighted by molar-refractivity contribution is 6.32. The van der Waals surface area contributed by atoms with Crippen LogP contribution in [0, 0.1) is 0 Å². The van der Waals surface area contributed by atoms with Crippen LogP contribution in [0.1, 0.15) is 29.3 Å². The molecule has 1 nitrogen and oxygen atoms in total. The van der Waals surface area contributed by atoms with Crippen LogP contribution in [-0.2, 0) is 6.42 Å². The number of hydrogen-bond acceptors (Lipinski definition) is 1. The van der Waals surface area contributed by atoms with Crippen molar-refractivity contribution < 1.29 is 4.79 Å². The molecule has 60 valence electrons. The minimum Gasteiger partial charge on any atom is -0.298 e. The van der Waals surface area contributed by atoms with Gasteiger partial charge in [0.1, 0.15) is 14.1 Å². The number of carbonyl (C=O) groups excluding carboxylic acids is 1. The zero-order valence-electron chi connectivity index (χ0n) is 7.21. The maximum atomic E-state index is 10.6. The fourth-order valence-corrected chi connectivity index (χ4v) is 1.22. The summed E-state index contributed by atoms with van der Waals surface area (Å²) in [6.45, 7) is 2.09. The first kappa shape index (κ1) is 9.05. The molecule has 1 aromatic rings. The Bertz CT molecular complexity index is 281. The Balaban J connectivity index is 3.02. The molecule has 0 N–H and O–H groups in total. The van der Waals surface area contributed by atoms with Gasteiger partial charge in [0.25, 0.3) is 0 Å². The molecule has 0 aliphatic carbocycles. The van der Waals surface area contributed by atoms with E-state index in [-0.39, 0.29) is 0 Å². The number of rotatable bonds is 3. The third-order valence-electron chi connectivity index (χ3n) is 1.82. The highest BCUT2D eigenvalue weighted by atomic mass is 16.1. The van der Waals surface area contributed by atoms with Crippen LogP contribution in [0.5, 0.6) is 0 Å². The first-order valence-electron chi connectivity index (χ1n) is 4.11. The second kappa shape index (κ2) is 4.10. The fourth-order valence-electron chi connectivity index (χ4n) is 1.22. The number of benzene rings is 1. The summed E-state index contributed by atoms with van der Waals surface area (Å²) in [5, 5.41) is 0. The monoisotopic (exact) mass is 158 g/mol. The van der Waals surface area contributed by atoms with Gasteiger partial charge in [0.05, 0.1) is 0 Å². The molecule has 1 rings (SSSR count). The van der Waals surface area contributed by atoms with Crippen LogP contribution >= 0.6 is 0 Å². The molecule has 12 heavy (non-hydrogen) atoms. The second-order valence-corrected chi connectivity index (χ2v) is 2.83. The Kier molecular flexibility index (Phi) is 3.09. The van der Waals surface area contributed by atoms with Gasteiger partial charge in [-0.2, -0.15) is 0 Å². The minimum atomic E-state index is 0.650. The van der Waals surface area contributed by atoms with Gasteiger partial charge in [0.15, 0.2) is 0 Å². The molecule has 0 aromatic heterocycles. The standard InChI is InChI=1S/C10H11BO/c1-2-3-8-4-5-10(11)6-9(8)7-12/h4-7H,2-3H2,1H3. The number of carbonyl (C=O) groups is 1. The van der Waals surface area contributed by atoms with Gasteiger partial charge in [-0.25, -0.2) is 0 Å². The Hall–Kier alpha value is -1.05. The lowest BCUT2D eigenvalue weighted by Gasteiger charge is -2.03. The van der Waals surface area contributed by atoms with Gasteiger partial charge in [0.2, 0.25) is 0 Å². The largest absolute Gasteiger partial charge is 0.298 e. The highest BCUT2D eigenvalue weighted by Crippen LogP contribution is 2.06. The van der Waals surface area contributed by atoms with E-state index in [4.69, 9.17) is 7.85 Å². The van der Waals surface area contributed by atoms with Crippen LogP contribution in [0.4, 0.5) is 0 Å². The molecule has 1 aromatic carbocycles. The average Bonchev–Trinajstić information content (AvgIpc) is 2.08. The average molecular weight is 158 g/mol. The summed E-state index contributed by atoms with van der Waals surface area (Å²) in [4.78, 5) is 10.6. The molecule has 0 fully saturated rings. The molecule has 0 saturated carbocycles. The van der Waals surface area contributed by atoms with Crippen LogP contribution in [0.2, 0.25) is 0 Å². The molecule has 0 atom stereocenters. The van der Waals surface area contributed by atoms with Gasteiger partial charge in [-0.15, -0.1) is 0 Å². The van der Waals surface area contributed by atoms with Crippen LogP contribution in [0.25, 0.3) is 0 Å². The lowest BCUT2D eigenvalue weighted by Crippen LogP contribution is -2.05. The molecule has 2 heteroatoms. The van der Waals surface area contributed by atoms with Crippen molar-refractivity contribution in [2.75, 3.05) is 0 Å². The number of aryl methyl sites for hydroxylation is 1. The van der Waals surface area contributed by atoms with Crippen LogP contribution in [0.3, 0.4) is 0 Å². The molecule has 0 amide bonds. The Morgan fingerprint density at radius 2 is 2.25 bits per heavy atom. The lowest BCUT2D eigenvalue weighted by molar-refractivity contribution is 0.112. The molecule has 0 bridgehead atoms. The first-order valence-corrected chi connectivity index (χ1v) is 4.11. The van der Waals surface area contributed by atoms with E-state index in [1.54, 1.807) is 6.07 Å². The molecule has 0 aliphatic heterocycles. The Morgan fingerprint density at radius 3 is 2.83 bits per heavy atom. The zero-order valence-corrected chi connectivity index (χ0v) is 7.21. The normalized spacial score (nSPS) is 9.75. The topological polar surface area (TPSA) is 17.1 Å². The summed E-state index contributed by atoms with van der Waals surface area (Å²) in [6.07, 6.45) is 2.85. The van der Waals surface area contributed by atoms with Crippen molar-refractivity contribution in [2.24, 2.45) is 0 Å². The van der Waals surface area contributed by atoms with E-state index in [0.717, 1.165) is 30.3 Å². The molecule has 2 radical (unpaired) electrons. The van der Waals surface area contributed by atoms with E-state index in [0.29, 0.717) is 5.46 Å². The van der Waals surface area contributed by atoms with Crippen LogP contribution in [0.15, 0.2) is 18.2 Å². The fraction of sp³-hybridized carbons (Fsp3) is 0.300. The minimum absolute atomic E-state index is 0.650. The Morgan fingerprint density at radius 1 is 1.50 bits per heavy atom. The van der Waals surface area contributed by atoms with Crippen molar-refractivity contribution in [1.82, 2.24) is 0 Å². The van der Waals surface area contributed by atoms with Crippen molar-refractivity contribution in [3.8, 4) is 0 Å². The first-order chi connectivity index (χ1) is 5.77. The molecule has 0 aliphatic rings. The SMILES string of the molecule is [B]c1ccc(CCC)c(C=O)c1. The maximum absolute atomic E-state index is 10.6. The maximum Gasteiger partial charge on any atom is 0.150 e. The van der Waals surface area contributed by atoms with Crippen LogP contribution < -0.4 is 5.46 Å².